The molecule has 0 spiro atoms. The van der Waals surface area contributed by atoms with Gasteiger partial charge in [-0.2, -0.15) is 10.2 Å². The number of halogens is 1. The fourth-order valence-corrected chi connectivity index (χ4v) is 9.55. The van der Waals surface area contributed by atoms with Crippen molar-refractivity contribution in [3.8, 4) is 0 Å². The minimum absolute atomic E-state index is 0.118. The van der Waals surface area contributed by atoms with Gasteiger partial charge in [-0.1, -0.05) is 17.7 Å². The van der Waals surface area contributed by atoms with Gasteiger partial charge in [0.2, 0.25) is 11.8 Å². The number of imidazole rings is 1. The van der Waals surface area contributed by atoms with Gasteiger partial charge in [0.15, 0.2) is 5.69 Å². The van der Waals surface area contributed by atoms with Crippen molar-refractivity contribution >= 4 is 62.6 Å². The number of aliphatic hydroxyl groups is 1. The number of para-hydroxylation sites is 1. The van der Waals surface area contributed by atoms with Gasteiger partial charge in [0, 0.05) is 75.2 Å². The van der Waals surface area contributed by atoms with Gasteiger partial charge < -0.3 is 20.2 Å². The molecule has 3 N–H and O–H groups in total. The molecule has 3 aromatic heterocycles. The number of amides is 3. The van der Waals surface area contributed by atoms with E-state index in [-0.39, 0.29) is 34.8 Å². The lowest BCUT2D eigenvalue weighted by atomic mass is 9.85. The van der Waals surface area contributed by atoms with Crippen LogP contribution in [0.25, 0.3) is 21.9 Å². The van der Waals surface area contributed by atoms with Crippen molar-refractivity contribution < 1.29 is 19.5 Å². The Morgan fingerprint density at radius 2 is 1.75 bits per heavy atom. The van der Waals surface area contributed by atoms with E-state index >= 15 is 0 Å². The van der Waals surface area contributed by atoms with Gasteiger partial charge in [-0.25, -0.2) is 4.79 Å². The first-order chi connectivity index (χ1) is 27.2. The van der Waals surface area contributed by atoms with Crippen molar-refractivity contribution in [2.45, 2.75) is 88.9 Å². The number of fused-ring (bicyclic) bond motifs is 2. The molecule has 0 bridgehead atoms. The fourth-order valence-electron chi connectivity index (χ4n) is 9.28. The first kappa shape index (κ1) is 38.9. The van der Waals surface area contributed by atoms with Gasteiger partial charge in [-0.3, -0.25) is 38.2 Å². The highest BCUT2D eigenvalue weighted by molar-refractivity contribution is 6.34. The van der Waals surface area contributed by atoms with Gasteiger partial charge in [0.25, 0.3) is 5.91 Å². The number of aromatic nitrogens is 6. The van der Waals surface area contributed by atoms with Crippen molar-refractivity contribution in [2.24, 2.45) is 20.0 Å². The Kier molecular flexibility index (Phi) is 10.3. The smallest absolute Gasteiger partial charge is 0.329 e. The molecule has 1 aliphatic carbocycles. The summed E-state index contributed by atoms with van der Waals surface area (Å²) in [7, 11) is 5.70. The highest BCUT2D eigenvalue weighted by atomic mass is 35.5. The molecule has 15 nitrogen and oxygen atoms in total. The van der Waals surface area contributed by atoms with E-state index in [0.717, 1.165) is 80.3 Å². The van der Waals surface area contributed by atoms with Crippen LogP contribution in [0.3, 0.4) is 0 Å². The van der Waals surface area contributed by atoms with Crippen LogP contribution in [-0.2, 0) is 29.3 Å². The molecule has 5 aromatic rings. The van der Waals surface area contributed by atoms with Gasteiger partial charge in [0.1, 0.15) is 6.04 Å². The van der Waals surface area contributed by atoms with E-state index in [1.165, 1.54) is 4.68 Å². The zero-order chi connectivity index (χ0) is 40.3. The number of piperidine rings is 2. The average molecular weight is 799 g/mol. The van der Waals surface area contributed by atoms with Crippen LogP contribution in [0, 0.1) is 5.92 Å². The lowest BCUT2D eigenvalue weighted by Crippen LogP contribution is -2.45. The minimum Gasteiger partial charge on any atom is -0.386 e. The Balaban J connectivity index is 0.884. The lowest BCUT2D eigenvalue weighted by molar-refractivity contribution is -0.135. The highest BCUT2D eigenvalue weighted by Crippen LogP contribution is 2.37. The average Bonchev–Trinajstić information content (AvgIpc) is 3.83. The summed E-state index contributed by atoms with van der Waals surface area (Å²) in [5.41, 5.74) is 2.98. The normalized spacial score (nSPS) is 21.2. The van der Waals surface area contributed by atoms with E-state index in [2.05, 4.69) is 43.3 Å². The molecule has 5 heterocycles. The second-order valence-electron chi connectivity index (χ2n) is 16.7. The predicted octanol–water partition coefficient (Wildman–Crippen LogP) is 4.87. The third-order valence-electron chi connectivity index (χ3n) is 12.3. The number of nitrogens with one attached hydrogen (secondary N) is 2. The molecular weight excluding hydrogens is 748 g/mol. The number of nitrogens with zero attached hydrogens (tertiary/aromatic N) is 8. The van der Waals surface area contributed by atoms with Crippen LogP contribution < -0.4 is 21.2 Å². The monoisotopic (exact) mass is 798 g/mol. The summed E-state index contributed by atoms with van der Waals surface area (Å²) in [6.45, 7) is 6.14. The number of imide groups is 1. The molecule has 2 saturated heterocycles. The van der Waals surface area contributed by atoms with E-state index in [1.807, 2.05) is 30.5 Å². The van der Waals surface area contributed by atoms with Crippen molar-refractivity contribution in [2.75, 3.05) is 36.9 Å². The summed E-state index contributed by atoms with van der Waals surface area (Å²) in [6.07, 6.45) is 10.4. The number of carbonyl (C=O) groups excluding carboxylic acids is 3. The second kappa shape index (κ2) is 15.1. The lowest BCUT2D eigenvalue weighted by Gasteiger charge is -2.40. The molecule has 3 amide bonds. The summed E-state index contributed by atoms with van der Waals surface area (Å²) in [5.74, 6) is -0.583. The number of carbonyl (C=O) groups is 3. The number of benzene rings is 2. The van der Waals surface area contributed by atoms with Crippen molar-refractivity contribution in [1.29, 1.82) is 0 Å². The number of rotatable bonds is 9. The van der Waals surface area contributed by atoms with Crippen molar-refractivity contribution in [3.63, 3.8) is 0 Å². The van der Waals surface area contributed by atoms with Crippen LogP contribution in [0.2, 0.25) is 5.02 Å². The Labute approximate surface area is 335 Å². The summed E-state index contributed by atoms with van der Waals surface area (Å²) in [5, 5.41) is 26.6. The number of aryl methyl sites for hydroxylation is 2. The Bertz CT molecular complexity index is 2420. The third kappa shape index (κ3) is 7.48. The maximum atomic E-state index is 13.5. The Morgan fingerprint density at radius 1 is 1.02 bits per heavy atom. The molecule has 3 aliphatic rings. The van der Waals surface area contributed by atoms with E-state index in [0.29, 0.717) is 35.1 Å². The molecular formula is C41H51ClN10O5. The third-order valence-corrected chi connectivity index (χ3v) is 12.6. The zero-order valence-electron chi connectivity index (χ0n) is 33.2. The van der Waals surface area contributed by atoms with Crippen LogP contribution in [0.15, 0.2) is 47.5 Å². The standard InChI is InChI=1S/C41H51ClN10O5/c1-41(2,57)28-20-30-25(19-31(28)43-39(55)36-29(42)23-48(4)46-36)22-51(45-30)27-11-9-24(10-12-27)21-47(3)26-15-17-50(18-16-26)32-7-6-8-33-37(32)49(5)40(56)52(33)34-13-14-35(53)44-38(34)54/h6-8,19-20,22-24,26-27,34,57H,9-18,21H2,1-5H3,(H,43,55)(H,44,53,54)/t24-,27-,34?. The molecule has 1 atom stereocenters. The van der Waals surface area contributed by atoms with Crippen LogP contribution in [0.5, 0.6) is 0 Å². The molecule has 0 radical (unpaired) electrons. The van der Waals surface area contributed by atoms with Crippen LogP contribution in [-0.4, -0.2) is 89.1 Å². The maximum absolute atomic E-state index is 13.5. The summed E-state index contributed by atoms with van der Waals surface area (Å²) >= 11 is 6.24. The number of hydrogen-bond acceptors (Lipinski definition) is 9. The quantitative estimate of drug-likeness (QED) is 0.177. The van der Waals surface area contributed by atoms with E-state index in [1.54, 1.807) is 43.3 Å². The number of hydrogen-bond donors (Lipinski definition) is 3. The molecule has 16 heteroatoms. The van der Waals surface area contributed by atoms with Crippen molar-refractivity contribution in [1.82, 2.24) is 38.9 Å². The van der Waals surface area contributed by atoms with Crippen molar-refractivity contribution in [3.05, 3.63) is 69.5 Å². The van der Waals surface area contributed by atoms with Gasteiger partial charge in [0.05, 0.1) is 38.9 Å². The summed E-state index contributed by atoms with van der Waals surface area (Å²) < 4.78 is 6.74. The molecule has 1 saturated carbocycles. The molecule has 8 rings (SSSR count). The van der Waals surface area contributed by atoms with E-state index in [4.69, 9.17) is 16.7 Å². The van der Waals surface area contributed by atoms with Gasteiger partial charge in [-0.05, 0) is 96.0 Å². The predicted molar refractivity (Wildman–Crippen MR) is 219 cm³/mol. The molecule has 2 aliphatic heterocycles. The first-order valence-corrected chi connectivity index (χ1v) is 20.3. The first-order valence-electron chi connectivity index (χ1n) is 19.9. The summed E-state index contributed by atoms with van der Waals surface area (Å²) in [6, 6.07) is 9.64. The zero-order valence-corrected chi connectivity index (χ0v) is 33.9. The second-order valence-corrected chi connectivity index (χ2v) is 17.1. The molecule has 1 unspecified atom stereocenters. The molecule has 302 valence electrons. The van der Waals surface area contributed by atoms with E-state index in [9.17, 15) is 24.3 Å². The minimum atomic E-state index is -1.23. The van der Waals surface area contributed by atoms with Crippen LogP contribution in [0.1, 0.15) is 93.3 Å². The van der Waals surface area contributed by atoms with Gasteiger partial charge in [-0.15, -0.1) is 0 Å². The van der Waals surface area contributed by atoms with E-state index < -0.39 is 23.5 Å². The summed E-state index contributed by atoms with van der Waals surface area (Å²) in [4.78, 5) is 56.0. The SMILES string of the molecule is CN(C[C@H]1CC[C@H](n2cc3cc(NC(=O)c4nn(C)cc4Cl)c(C(C)(C)O)cc3n2)CC1)C1CCN(c2cccc3c2n(C)c(=O)n3C2CCC(=O)NC2=O)CC1. The Hall–Kier alpha value is -4.99. The topological polar surface area (TPSA) is 165 Å². The Morgan fingerprint density at radius 3 is 2.42 bits per heavy atom. The fraction of sp³-hybridized carbons (Fsp3) is 0.512. The molecule has 2 aromatic carbocycles. The van der Waals surface area contributed by atoms with Crippen LogP contribution in [0.4, 0.5) is 11.4 Å². The van der Waals surface area contributed by atoms with Crippen LogP contribution >= 0.6 is 11.6 Å². The van der Waals surface area contributed by atoms with Gasteiger partial charge >= 0.3 is 5.69 Å². The molecule has 3 fully saturated rings. The maximum Gasteiger partial charge on any atom is 0.329 e. The number of anilines is 2. The largest absolute Gasteiger partial charge is 0.386 e. The highest BCUT2D eigenvalue weighted by Gasteiger charge is 2.34. The molecule has 57 heavy (non-hydrogen) atoms.